The monoisotopic (exact) mass is 230 g/mol. The Morgan fingerprint density at radius 1 is 1.44 bits per heavy atom. The number of nitrogens with one attached hydrogen (secondary N) is 2. The number of carboxylic acids is 1. The number of carbonyl (C=O) groups excluding carboxylic acids is 1. The van der Waals surface area contributed by atoms with Gasteiger partial charge in [-0.1, -0.05) is 6.92 Å². The number of amides is 2. The molecule has 0 spiro atoms. The molecule has 0 saturated heterocycles. The maximum absolute atomic E-state index is 11.3. The van der Waals surface area contributed by atoms with Crippen LogP contribution in [0.2, 0.25) is 0 Å². The second-order valence-corrected chi connectivity index (χ2v) is 4.24. The predicted molar refractivity (Wildman–Crippen MR) is 56.9 cm³/mol. The number of carboxylic acid groups (broad SMARTS) is 1. The van der Waals surface area contributed by atoms with Crippen LogP contribution in [0.3, 0.4) is 0 Å². The normalized spacial score (nSPS) is 18.6. The number of hydrogen-bond acceptors (Lipinski definition) is 3. The molecule has 1 aliphatic carbocycles. The summed E-state index contributed by atoms with van der Waals surface area (Å²) in [6.45, 7) is 1.98. The van der Waals surface area contributed by atoms with Gasteiger partial charge in [0.05, 0.1) is 6.61 Å². The van der Waals surface area contributed by atoms with Crippen molar-refractivity contribution in [3.8, 4) is 0 Å². The van der Waals surface area contributed by atoms with Crippen molar-refractivity contribution >= 4 is 12.0 Å². The van der Waals surface area contributed by atoms with E-state index in [1.54, 1.807) is 0 Å². The van der Waals surface area contributed by atoms with Crippen LogP contribution < -0.4 is 10.6 Å². The summed E-state index contributed by atoms with van der Waals surface area (Å²) in [6.07, 6.45) is 2.41. The molecule has 6 nitrogen and oxygen atoms in total. The van der Waals surface area contributed by atoms with Gasteiger partial charge in [0.1, 0.15) is 0 Å². The van der Waals surface area contributed by atoms with E-state index in [0.717, 1.165) is 0 Å². The van der Waals surface area contributed by atoms with Crippen LogP contribution in [0, 0.1) is 11.8 Å². The topological polar surface area (TPSA) is 98.7 Å². The third-order valence-electron chi connectivity index (χ3n) is 2.80. The maximum Gasteiger partial charge on any atom is 0.328 e. The minimum atomic E-state index is -1.24. The third-order valence-corrected chi connectivity index (χ3v) is 2.80. The number of carbonyl (C=O) groups is 2. The zero-order valence-electron chi connectivity index (χ0n) is 9.27. The Hall–Kier alpha value is -1.30. The van der Waals surface area contributed by atoms with Crippen LogP contribution >= 0.6 is 0 Å². The van der Waals surface area contributed by atoms with Gasteiger partial charge < -0.3 is 20.8 Å². The summed E-state index contributed by atoms with van der Waals surface area (Å²) >= 11 is 0. The first-order valence-electron chi connectivity index (χ1n) is 5.42. The van der Waals surface area contributed by atoms with Crippen LogP contribution in [-0.2, 0) is 4.79 Å². The van der Waals surface area contributed by atoms with Crippen LogP contribution in [0.1, 0.15) is 19.8 Å². The molecular formula is C10H18N2O4. The van der Waals surface area contributed by atoms with E-state index in [0.29, 0.717) is 18.4 Å². The molecular weight excluding hydrogens is 212 g/mol. The summed E-state index contributed by atoms with van der Waals surface area (Å²) in [5.41, 5.74) is 0. The molecule has 0 aromatic rings. The molecule has 16 heavy (non-hydrogen) atoms. The number of hydrogen-bond donors (Lipinski definition) is 4. The van der Waals surface area contributed by atoms with E-state index >= 15 is 0 Å². The zero-order valence-corrected chi connectivity index (χ0v) is 9.27. The highest BCUT2D eigenvalue weighted by Gasteiger charge is 2.28. The fourth-order valence-corrected chi connectivity index (χ4v) is 1.48. The molecule has 1 fully saturated rings. The molecule has 2 atom stereocenters. The number of aliphatic carboxylic acids is 1. The number of rotatable bonds is 6. The van der Waals surface area contributed by atoms with Crippen LogP contribution in [-0.4, -0.2) is 41.4 Å². The Labute approximate surface area is 94.0 Å². The molecule has 2 amide bonds. The smallest absolute Gasteiger partial charge is 0.328 e. The fraction of sp³-hybridized carbons (Fsp3) is 0.800. The molecule has 0 bridgehead atoms. The largest absolute Gasteiger partial charge is 0.480 e. The lowest BCUT2D eigenvalue weighted by Crippen LogP contribution is -2.48. The van der Waals surface area contributed by atoms with Gasteiger partial charge in [0.15, 0.2) is 6.04 Å². The Balaban J connectivity index is 2.20. The van der Waals surface area contributed by atoms with Gasteiger partial charge in [-0.05, 0) is 24.7 Å². The van der Waals surface area contributed by atoms with E-state index in [2.05, 4.69) is 17.6 Å². The summed E-state index contributed by atoms with van der Waals surface area (Å²) in [4.78, 5) is 21.8. The van der Waals surface area contributed by atoms with Crippen molar-refractivity contribution in [2.45, 2.75) is 25.8 Å². The molecule has 0 aromatic heterocycles. The average Bonchev–Trinajstić information content (AvgIpc) is 3.05. The van der Waals surface area contributed by atoms with Gasteiger partial charge in [-0.25, -0.2) is 9.59 Å². The summed E-state index contributed by atoms with van der Waals surface area (Å²) < 4.78 is 0. The predicted octanol–water partition coefficient (Wildman–Crippen LogP) is -0.223. The minimum Gasteiger partial charge on any atom is -0.480 e. The van der Waals surface area contributed by atoms with Crippen molar-refractivity contribution in [1.29, 1.82) is 0 Å². The van der Waals surface area contributed by atoms with Gasteiger partial charge in [0, 0.05) is 6.54 Å². The second kappa shape index (κ2) is 5.69. The molecule has 0 aliphatic heterocycles. The zero-order chi connectivity index (χ0) is 12.1. The first kappa shape index (κ1) is 12.8. The molecule has 0 aromatic carbocycles. The Morgan fingerprint density at radius 2 is 2.06 bits per heavy atom. The number of aliphatic hydroxyl groups excluding tert-OH is 1. The Bertz CT molecular complexity index is 266. The molecule has 0 heterocycles. The van der Waals surface area contributed by atoms with E-state index in [4.69, 9.17) is 10.2 Å². The van der Waals surface area contributed by atoms with Crippen molar-refractivity contribution in [2.75, 3.05) is 13.2 Å². The standard InChI is InChI=1S/C10H18N2O4/c1-6(7-2-3-7)4-11-10(16)12-8(5-13)9(14)15/h6-8,13H,2-5H2,1H3,(H,14,15)(H2,11,12,16)/t6?,8-/m1/s1. The van der Waals surface area contributed by atoms with Crippen LogP contribution in [0.5, 0.6) is 0 Å². The van der Waals surface area contributed by atoms with Crippen molar-refractivity contribution < 1.29 is 19.8 Å². The van der Waals surface area contributed by atoms with Crippen molar-refractivity contribution in [3.63, 3.8) is 0 Å². The molecule has 1 saturated carbocycles. The van der Waals surface area contributed by atoms with E-state index in [-0.39, 0.29) is 0 Å². The first-order chi connectivity index (χ1) is 7.54. The molecule has 92 valence electrons. The van der Waals surface area contributed by atoms with E-state index in [1.807, 2.05) is 0 Å². The lowest BCUT2D eigenvalue weighted by atomic mass is 10.1. The maximum atomic E-state index is 11.3. The van der Waals surface area contributed by atoms with E-state index < -0.39 is 24.6 Å². The molecule has 6 heteroatoms. The summed E-state index contributed by atoms with van der Waals surface area (Å²) in [6, 6.07) is -1.79. The average molecular weight is 230 g/mol. The van der Waals surface area contributed by atoms with Crippen molar-refractivity contribution in [2.24, 2.45) is 11.8 Å². The molecule has 1 unspecified atom stereocenters. The SMILES string of the molecule is CC(CNC(=O)N[C@H](CO)C(=O)O)C1CC1. The Kier molecular flexibility index (Phi) is 4.54. The van der Waals surface area contributed by atoms with Gasteiger partial charge >= 0.3 is 12.0 Å². The number of urea groups is 1. The molecule has 0 radical (unpaired) electrons. The Morgan fingerprint density at radius 3 is 2.50 bits per heavy atom. The van der Waals surface area contributed by atoms with Gasteiger partial charge in [-0.15, -0.1) is 0 Å². The van der Waals surface area contributed by atoms with Crippen LogP contribution in [0.15, 0.2) is 0 Å². The molecule has 4 N–H and O–H groups in total. The lowest BCUT2D eigenvalue weighted by molar-refractivity contribution is -0.140. The van der Waals surface area contributed by atoms with Gasteiger partial charge in [0.2, 0.25) is 0 Å². The van der Waals surface area contributed by atoms with E-state index in [1.165, 1.54) is 12.8 Å². The summed E-state index contributed by atoms with van der Waals surface area (Å²) in [5.74, 6) is -0.135. The van der Waals surface area contributed by atoms with Crippen molar-refractivity contribution in [3.05, 3.63) is 0 Å². The highest BCUT2D eigenvalue weighted by atomic mass is 16.4. The van der Waals surface area contributed by atoms with Crippen molar-refractivity contribution in [1.82, 2.24) is 10.6 Å². The first-order valence-corrected chi connectivity index (χ1v) is 5.42. The highest BCUT2D eigenvalue weighted by Crippen LogP contribution is 2.35. The van der Waals surface area contributed by atoms with Crippen LogP contribution in [0.4, 0.5) is 4.79 Å². The highest BCUT2D eigenvalue weighted by molar-refractivity contribution is 5.82. The fourth-order valence-electron chi connectivity index (χ4n) is 1.48. The summed E-state index contributed by atoms with van der Waals surface area (Å²) in [5, 5.41) is 22.1. The molecule has 1 aliphatic rings. The minimum absolute atomic E-state index is 0.420. The summed E-state index contributed by atoms with van der Waals surface area (Å²) in [7, 11) is 0. The van der Waals surface area contributed by atoms with Gasteiger partial charge in [-0.2, -0.15) is 0 Å². The quantitative estimate of drug-likeness (QED) is 0.507. The van der Waals surface area contributed by atoms with E-state index in [9.17, 15) is 9.59 Å². The van der Waals surface area contributed by atoms with Crippen LogP contribution in [0.25, 0.3) is 0 Å². The van der Waals surface area contributed by atoms with Gasteiger partial charge in [0.25, 0.3) is 0 Å². The third kappa shape index (κ3) is 4.06. The lowest BCUT2D eigenvalue weighted by Gasteiger charge is -2.15. The second-order valence-electron chi connectivity index (χ2n) is 4.24. The van der Waals surface area contributed by atoms with Gasteiger partial charge in [-0.3, -0.25) is 0 Å². The number of aliphatic hydroxyl groups is 1. The molecule has 1 rings (SSSR count).